The van der Waals surface area contributed by atoms with Crippen LogP contribution in [-0.2, 0) is 16.4 Å². The first kappa shape index (κ1) is 21.4. The van der Waals surface area contributed by atoms with E-state index in [4.69, 9.17) is 13.6 Å². The van der Waals surface area contributed by atoms with Gasteiger partial charge in [0.15, 0.2) is 5.76 Å². The maximum absolute atomic E-state index is 12.4. The van der Waals surface area contributed by atoms with Crippen LogP contribution in [0.1, 0.15) is 17.0 Å². The van der Waals surface area contributed by atoms with Crippen molar-refractivity contribution >= 4 is 15.9 Å². The molecule has 0 saturated heterocycles. The van der Waals surface area contributed by atoms with Crippen molar-refractivity contribution in [3.8, 4) is 23.5 Å². The van der Waals surface area contributed by atoms with Gasteiger partial charge in [0.2, 0.25) is 21.6 Å². The van der Waals surface area contributed by atoms with Gasteiger partial charge in [-0.15, -0.1) is 0 Å². The topological polar surface area (TPSA) is 122 Å². The van der Waals surface area contributed by atoms with Crippen LogP contribution in [0, 0.1) is 18.3 Å². The summed E-state index contributed by atoms with van der Waals surface area (Å²) in [5.41, 5.74) is 1.15. The van der Waals surface area contributed by atoms with Crippen LogP contribution >= 0.6 is 0 Å². The first-order valence-electron chi connectivity index (χ1n) is 9.07. The number of hydrogen-bond donors (Lipinski definition) is 1. The number of anilines is 1. The Hall–Kier alpha value is -3.29. The number of oxazole rings is 1. The van der Waals surface area contributed by atoms with E-state index < -0.39 is 10.0 Å². The Kier molecular flexibility index (Phi) is 6.14. The fourth-order valence-electron chi connectivity index (χ4n) is 2.76. The van der Waals surface area contributed by atoms with Crippen LogP contribution in [-0.4, -0.2) is 45.5 Å². The molecular weight excluding hydrogens is 408 g/mol. The lowest BCUT2D eigenvalue weighted by molar-refractivity contribution is 0.414. The van der Waals surface area contributed by atoms with Crippen LogP contribution in [0.5, 0.6) is 5.75 Å². The van der Waals surface area contributed by atoms with Gasteiger partial charge in [0.05, 0.1) is 7.11 Å². The second-order valence-electron chi connectivity index (χ2n) is 6.65. The highest BCUT2D eigenvalue weighted by Crippen LogP contribution is 2.31. The van der Waals surface area contributed by atoms with Crippen LogP contribution in [0.3, 0.4) is 0 Å². The third kappa shape index (κ3) is 4.32. The Morgan fingerprint density at radius 2 is 1.93 bits per heavy atom. The third-order valence-electron chi connectivity index (χ3n) is 4.43. The summed E-state index contributed by atoms with van der Waals surface area (Å²) >= 11 is 0. The molecule has 0 fully saturated rings. The number of furan rings is 1. The van der Waals surface area contributed by atoms with E-state index in [9.17, 15) is 13.7 Å². The largest absolute Gasteiger partial charge is 0.497 e. The molecule has 0 aliphatic carbocycles. The molecule has 158 valence electrons. The fourth-order valence-corrected chi connectivity index (χ4v) is 3.81. The predicted molar refractivity (Wildman–Crippen MR) is 110 cm³/mol. The van der Waals surface area contributed by atoms with Gasteiger partial charge in [0.1, 0.15) is 22.5 Å². The smallest absolute Gasteiger partial charge is 0.266 e. The van der Waals surface area contributed by atoms with E-state index in [1.165, 1.54) is 20.2 Å². The molecule has 0 radical (unpaired) electrons. The van der Waals surface area contributed by atoms with Gasteiger partial charge in [-0.3, -0.25) is 0 Å². The van der Waals surface area contributed by atoms with Gasteiger partial charge in [0.25, 0.3) is 5.89 Å². The fraction of sp³-hybridized carbons (Fsp3) is 0.300. The Labute approximate surface area is 174 Å². The number of nitrogens with one attached hydrogen (secondary N) is 1. The monoisotopic (exact) mass is 430 g/mol. The zero-order chi connectivity index (χ0) is 21.9. The number of sulfonamides is 1. The number of nitriles is 1. The molecule has 10 heteroatoms. The van der Waals surface area contributed by atoms with Gasteiger partial charge in [-0.05, 0) is 31.0 Å². The minimum Gasteiger partial charge on any atom is -0.497 e. The Morgan fingerprint density at radius 3 is 2.53 bits per heavy atom. The number of hydrogen-bond acceptors (Lipinski definition) is 8. The van der Waals surface area contributed by atoms with Crippen LogP contribution in [0.4, 0.5) is 5.88 Å². The molecule has 3 rings (SSSR count). The molecule has 0 aliphatic rings. The number of nitrogens with zero attached hydrogens (tertiary/aromatic N) is 3. The van der Waals surface area contributed by atoms with E-state index in [1.807, 2.05) is 30.3 Å². The lowest BCUT2D eigenvalue weighted by atomic mass is 10.1. The molecule has 1 aromatic carbocycles. The highest BCUT2D eigenvalue weighted by molar-refractivity contribution is 7.89. The molecule has 0 aliphatic heterocycles. The van der Waals surface area contributed by atoms with Crippen molar-refractivity contribution in [3.63, 3.8) is 0 Å². The van der Waals surface area contributed by atoms with Gasteiger partial charge < -0.3 is 18.9 Å². The summed E-state index contributed by atoms with van der Waals surface area (Å²) in [7, 11) is 0.810. The first-order valence-corrected chi connectivity index (χ1v) is 10.5. The van der Waals surface area contributed by atoms with Gasteiger partial charge in [-0.1, -0.05) is 12.1 Å². The van der Waals surface area contributed by atoms with Crippen molar-refractivity contribution in [2.75, 3.05) is 33.1 Å². The minimum atomic E-state index is -3.67. The van der Waals surface area contributed by atoms with Crippen molar-refractivity contribution < 1.29 is 22.0 Å². The maximum Gasteiger partial charge on any atom is 0.266 e. The van der Waals surface area contributed by atoms with Gasteiger partial charge in [0, 0.05) is 26.7 Å². The van der Waals surface area contributed by atoms with E-state index in [0.717, 1.165) is 15.6 Å². The molecule has 0 bridgehead atoms. The molecule has 30 heavy (non-hydrogen) atoms. The Bertz CT molecular complexity index is 1170. The highest BCUT2D eigenvalue weighted by atomic mass is 32.2. The second-order valence-corrected chi connectivity index (χ2v) is 8.77. The molecule has 1 N–H and O–H groups in total. The van der Waals surface area contributed by atoms with E-state index in [-0.39, 0.29) is 33.9 Å². The summed E-state index contributed by atoms with van der Waals surface area (Å²) in [6, 6.07) is 11.0. The molecule has 0 unspecified atom stereocenters. The number of benzene rings is 1. The average molecular weight is 430 g/mol. The minimum absolute atomic E-state index is 0.0215. The number of aromatic nitrogens is 1. The highest BCUT2D eigenvalue weighted by Gasteiger charge is 2.26. The van der Waals surface area contributed by atoms with Crippen molar-refractivity contribution in [3.05, 3.63) is 47.3 Å². The number of ether oxygens (including phenoxy) is 1. The quantitative estimate of drug-likeness (QED) is 0.579. The van der Waals surface area contributed by atoms with E-state index >= 15 is 0 Å². The average Bonchev–Trinajstić information content (AvgIpc) is 3.32. The number of rotatable bonds is 8. The summed E-state index contributed by atoms with van der Waals surface area (Å²) < 4.78 is 42.2. The lowest BCUT2D eigenvalue weighted by Gasteiger charge is -2.09. The molecule has 0 spiro atoms. The SMILES string of the molecule is COc1ccc(CCNc2oc(-c3cc(S(=O)(=O)N(C)C)c(C)o3)nc2C#N)cc1. The molecule has 2 aromatic heterocycles. The van der Waals surface area contributed by atoms with Crippen LogP contribution in [0.2, 0.25) is 0 Å². The van der Waals surface area contributed by atoms with Crippen LogP contribution in [0.15, 0.2) is 44.1 Å². The lowest BCUT2D eigenvalue weighted by Crippen LogP contribution is -2.22. The van der Waals surface area contributed by atoms with Crippen LogP contribution in [0.25, 0.3) is 11.7 Å². The Morgan fingerprint density at radius 1 is 1.23 bits per heavy atom. The standard InChI is InChI=1S/C20H22N4O5S/c1-13-18(30(25,26)24(2)3)11-17(28-13)20-23-16(12-21)19(29-20)22-10-9-14-5-7-15(27-4)8-6-14/h5-8,11,22H,9-10H2,1-4H3. The molecular formula is C20H22N4O5S. The second kappa shape index (κ2) is 8.61. The normalized spacial score (nSPS) is 11.5. The predicted octanol–water partition coefficient (Wildman–Crippen LogP) is 3.03. The van der Waals surface area contributed by atoms with Gasteiger partial charge >= 0.3 is 0 Å². The van der Waals surface area contributed by atoms with E-state index in [1.54, 1.807) is 14.0 Å². The van der Waals surface area contributed by atoms with Crippen LogP contribution < -0.4 is 10.1 Å². The summed E-state index contributed by atoms with van der Waals surface area (Å²) in [5.74, 6) is 1.36. The molecule has 3 aromatic rings. The van der Waals surface area contributed by atoms with E-state index in [0.29, 0.717) is 13.0 Å². The van der Waals surface area contributed by atoms with Crippen molar-refractivity contribution in [1.29, 1.82) is 5.26 Å². The molecule has 9 nitrogen and oxygen atoms in total. The third-order valence-corrected chi connectivity index (χ3v) is 6.36. The summed E-state index contributed by atoms with van der Waals surface area (Å²) in [6.07, 6.45) is 0.690. The van der Waals surface area contributed by atoms with E-state index in [2.05, 4.69) is 10.3 Å². The molecule has 2 heterocycles. The Balaban J connectivity index is 1.77. The van der Waals surface area contributed by atoms with Crippen molar-refractivity contribution in [1.82, 2.24) is 9.29 Å². The number of aryl methyl sites for hydroxylation is 1. The zero-order valence-electron chi connectivity index (χ0n) is 17.1. The van der Waals surface area contributed by atoms with Gasteiger partial charge in [-0.2, -0.15) is 10.2 Å². The molecule has 0 atom stereocenters. The molecule has 0 amide bonds. The van der Waals surface area contributed by atoms with Crippen molar-refractivity contribution in [2.45, 2.75) is 18.2 Å². The summed E-state index contributed by atoms with van der Waals surface area (Å²) in [6.45, 7) is 2.05. The molecule has 0 saturated carbocycles. The maximum atomic E-state index is 12.4. The zero-order valence-corrected chi connectivity index (χ0v) is 17.9. The summed E-state index contributed by atoms with van der Waals surface area (Å²) in [5, 5.41) is 12.4. The number of methoxy groups -OCH3 is 1. The summed E-state index contributed by atoms with van der Waals surface area (Å²) in [4.78, 5) is 4.14. The first-order chi connectivity index (χ1) is 14.3. The van der Waals surface area contributed by atoms with Gasteiger partial charge in [-0.25, -0.2) is 12.7 Å². The van der Waals surface area contributed by atoms with Crippen molar-refractivity contribution in [2.24, 2.45) is 0 Å².